The van der Waals surface area contributed by atoms with Crippen molar-refractivity contribution in [2.75, 3.05) is 6.54 Å². The first-order valence-electron chi connectivity index (χ1n) is 7.23. The highest BCUT2D eigenvalue weighted by molar-refractivity contribution is 5.83. The molecule has 0 fully saturated rings. The summed E-state index contributed by atoms with van der Waals surface area (Å²) in [6.45, 7) is 5.64. The fourth-order valence-electron chi connectivity index (χ4n) is 2.25. The number of nitrogens with one attached hydrogen (secondary N) is 2. The largest absolute Gasteiger partial charge is 0.444 e. The Morgan fingerprint density at radius 3 is 2.86 bits per heavy atom. The molecule has 0 saturated carbocycles. The molecule has 6 heteroatoms. The van der Waals surface area contributed by atoms with Crippen molar-refractivity contribution in [3.8, 4) is 0 Å². The summed E-state index contributed by atoms with van der Waals surface area (Å²) >= 11 is 0. The van der Waals surface area contributed by atoms with E-state index in [1.54, 1.807) is 33.0 Å². The minimum absolute atomic E-state index is 0.260. The van der Waals surface area contributed by atoms with Gasteiger partial charge in [-0.3, -0.25) is 0 Å². The Hall–Kier alpha value is -2.08. The van der Waals surface area contributed by atoms with E-state index in [0.717, 1.165) is 11.1 Å². The molecule has 0 aliphatic rings. The number of H-pyrrole nitrogens is 1. The van der Waals surface area contributed by atoms with E-state index in [0.29, 0.717) is 11.8 Å². The number of hydrogen-bond donors (Lipinski definition) is 3. The van der Waals surface area contributed by atoms with Gasteiger partial charge in [0.1, 0.15) is 11.4 Å². The van der Waals surface area contributed by atoms with Crippen LogP contribution in [0.3, 0.4) is 0 Å². The highest BCUT2D eigenvalue weighted by Gasteiger charge is 2.17. The number of aromatic nitrogens is 1. The summed E-state index contributed by atoms with van der Waals surface area (Å²) in [6.07, 6.45) is 1.70. The molecule has 22 heavy (non-hydrogen) atoms. The van der Waals surface area contributed by atoms with Crippen LogP contribution in [-0.4, -0.2) is 29.3 Å². The Bertz CT molecular complexity index is 661. The molecule has 2 aromatic rings. The van der Waals surface area contributed by atoms with Crippen LogP contribution in [-0.2, 0) is 11.2 Å². The van der Waals surface area contributed by atoms with Crippen LogP contribution in [0.1, 0.15) is 26.3 Å². The first kappa shape index (κ1) is 16.3. The number of nitrogens with two attached hydrogens (primary N) is 1. The van der Waals surface area contributed by atoms with Gasteiger partial charge in [-0.2, -0.15) is 0 Å². The van der Waals surface area contributed by atoms with E-state index in [2.05, 4.69) is 10.3 Å². The lowest BCUT2D eigenvalue weighted by Crippen LogP contribution is -2.41. The zero-order valence-corrected chi connectivity index (χ0v) is 13.1. The zero-order chi connectivity index (χ0) is 16.3. The molecule has 0 saturated heterocycles. The van der Waals surface area contributed by atoms with Crippen molar-refractivity contribution in [3.05, 3.63) is 35.8 Å². The number of amides is 1. The maximum atomic E-state index is 13.9. The standard InChI is InChI=1S/C16H22FN3O2/c1-16(2,3)22-15(21)20-9-11(18)7-10-8-19-13-6-4-5-12(17)14(10)13/h4-6,8,11,19H,7,9,18H2,1-3H3,(H,20,21). The fraction of sp³-hybridized carbons (Fsp3) is 0.438. The average Bonchev–Trinajstić information content (AvgIpc) is 2.79. The first-order chi connectivity index (χ1) is 10.3. The van der Waals surface area contributed by atoms with Crippen molar-refractivity contribution in [1.29, 1.82) is 0 Å². The number of ether oxygens (including phenoxy) is 1. The van der Waals surface area contributed by atoms with E-state index >= 15 is 0 Å². The van der Waals surface area contributed by atoms with Gasteiger partial charge in [0, 0.05) is 29.7 Å². The van der Waals surface area contributed by atoms with Crippen molar-refractivity contribution >= 4 is 17.0 Å². The summed E-state index contributed by atoms with van der Waals surface area (Å²) in [4.78, 5) is 14.6. The number of fused-ring (bicyclic) bond motifs is 1. The van der Waals surface area contributed by atoms with E-state index in [1.165, 1.54) is 6.07 Å². The highest BCUT2D eigenvalue weighted by atomic mass is 19.1. The number of hydrogen-bond acceptors (Lipinski definition) is 3. The summed E-state index contributed by atoms with van der Waals surface area (Å²) in [5.41, 5.74) is 7.00. The van der Waals surface area contributed by atoms with Crippen LogP contribution in [0, 0.1) is 5.82 Å². The van der Waals surface area contributed by atoms with Crippen molar-refractivity contribution in [3.63, 3.8) is 0 Å². The van der Waals surface area contributed by atoms with Gasteiger partial charge in [-0.25, -0.2) is 9.18 Å². The van der Waals surface area contributed by atoms with Gasteiger partial charge >= 0.3 is 6.09 Å². The predicted molar refractivity (Wildman–Crippen MR) is 84.2 cm³/mol. The van der Waals surface area contributed by atoms with E-state index in [-0.39, 0.29) is 18.4 Å². The number of rotatable bonds is 4. The van der Waals surface area contributed by atoms with Crippen molar-refractivity contribution in [1.82, 2.24) is 10.3 Å². The highest BCUT2D eigenvalue weighted by Crippen LogP contribution is 2.22. The average molecular weight is 307 g/mol. The molecule has 120 valence electrons. The summed E-state index contributed by atoms with van der Waals surface area (Å²) in [7, 11) is 0. The molecular formula is C16H22FN3O2. The minimum Gasteiger partial charge on any atom is -0.444 e. The molecule has 1 amide bonds. The third-order valence-corrected chi connectivity index (χ3v) is 3.13. The fourth-order valence-corrected chi connectivity index (χ4v) is 2.25. The normalized spacial score (nSPS) is 13.1. The molecule has 0 bridgehead atoms. The molecule has 1 unspecified atom stereocenters. The molecule has 0 aliphatic heterocycles. The molecule has 0 radical (unpaired) electrons. The molecule has 1 aromatic carbocycles. The van der Waals surface area contributed by atoms with E-state index in [4.69, 9.17) is 10.5 Å². The maximum absolute atomic E-state index is 13.9. The smallest absolute Gasteiger partial charge is 0.407 e. The van der Waals surface area contributed by atoms with Gasteiger partial charge in [0.2, 0.25) is 0 Å². The Morgan fingerprint density at radius 1 is 1.45 bits per heavy atom. The van der Waals surface area contributed by atoms with Crippen molar-refractivity contribution in [2.45, 2.75) is 38.8 Å². The minimum atomic E-state index is -0.547. The summed E-state index contributed by atoms with van der Waals surface area (Å²) in [5.74, 6) is -0.277. The molecule has 2 rings (SSSR count). The van der Waals surface area contributed by atoms with Crippen LogP contribution >= 0.6 is 0 Å². The quantitative estimate of drug-likeness (QED) is 0.812. The van der Waals surface area contributed by atoms with Gasteiger partial charge in [-0.15, -0.1) is 0 Å². The van der Waals surface area contributed by atoms with Crippen molar-refractivity contribution < 1.29 is 13.9 Å². The second-order valence-electron chi connectivity index (χ2n) is 6.32. The van der Waals surface area contributed by atoms with Crippen LogP contribution < -0.4 is 11.1 Å². The van der Waals surface area contributed by atoms with Gasteiger partial charge in [0.05, 0.1) is 0 Å². The molecular weight excluding hydrogens is 285 g/mol. The SMILES string of the molecule is CC(C)(C)OC(=O)NCC(N)Cc1c[nH]c2cccc(F)c12. The molecule has 4 N–H and O–H groups in total. The van der Waals surface area contributed by atoms with Gasteiger partial charge in [0.15, 0.2) is 0 Å². The van der Waals surface area contributed by atoms with Crippen LogP contribution in [0.25, 0.3) is 10.9 Å². The van der Waals surface area contributed by atoms with Crippen LogP contribution in [0.15, 0.2) is 24.4 Å². The second-order valence-corrected chi connectivity index (χ2v) is 6.32. The third kappa shape index (κ3) is 4.21. The predicted octanol–water partition coefficient (Wildman–Crippen LogP) is 2.70. The van der Waals surface area contributed by atoms with E-state index in [9.17, 15) is 9.18 Å². The first-order valence-corrected chi connectivity index (χ1v) is 7.23. The number of carbonyl (C=O) groups excluding carboxylic acids is 1. The van der Waals surface area contributed by atoms with Crippen LogP contribution in [0.2, 0.25) is 0 Å². The summed E-state index contributed by atoms with van der Waals surface area (Å²) in [5, 5.41) is 3.18. The Kier molecular flexibility index (Phi) is 4.71. The Morgan fingerprint density at radius 2 is 2.18 bits per heavy atom. The molecule has 0 aliphatic carbocycles. The third-order valence-electron chi connectivity index (χ3n) is 3.13. The Labute approximate surface area is 129 Å². The van der Waals surface area contributed by atoms with Crippen molar-refractivity contribution in [2.24, 2.45) is 5.73 Å². The summed E-state index contributed by atoms with van der Waals surface area (Å²) < 4.78 is 19.0. The molecule has 5 nitrogen and oxygen atoms in total. The molecule has 0 spiro atoms. The Balaban J connectivity index is 1.94. The van der Waals surface area contributed by atoms with Gasteiger partial charge < -0.3 is 20.8 Å². The molecule has 1 atom stereocenters. The monoisotopic (exact) mass is 307 g/mol. The number of halogens is 1. The van der Waals surface area contributed by atoms with Crippen LogP contribution in [0.4, 0.5) is 9.18 Å². The molecule has 1 aromatic heterocycles. The lowest BCUT2D eigenvalue weighted by Gasteiger charge is -2.20. The van der Waals surface area contributed by atoms with E-state index in [1.807, 2.05) is 6.07 Å². The molecule has 1 heterocycles. The maximum Gasteiger partial charge on any atom is 0.407 e. The number of alkyl carbamates (subject to hydrolysis) is 1. The summed E-state index contributed by atoms with van der Waals surface area (Å²) in [6, 6.07) is 4.56. The lowest BCUT2D eigenvalue weighted by atomic mass is 10.1. The number of benzene rings is 1. The lowest BCUT2D eigenvalue weighted by molar-refractivity contribution is 0.0524. The van der Waals surface area contributed by atoms with Gasteiger partial charge in [-0.05, 0) is 44.9 Å². The van der Waals surface area contributed by atoms with Gasteiger partial charge in [0.25, 0.3) is 0 Å². The van der Waals surface area contributed by atoms with Gasteiger partial charge in [-0.1, -0.05) is 6.07 Å². The number of carbonyl (C=O) groups is 1. The second kappa shape index (κ2) is 6.36. The van der Waals surface area contributed by atoms with E-state index < -0.39 is 11.7 Å². The zero-order valence-electron chi connectivity index (χ0n) is 13.1. The van der Waals surface area contributed by atoms with Crippen LogP contribution in [0.5, 0.6) is 0 Å². The topological polar surface area (TPSA) is 80.1 Å². The number of aromatic amines is 1.